The van der Waals surface area contributed by atoms with Gasteiger partial charge in [0, 0.05) is 5.02 Å². The number of hydrogen-bond acceptors (Lipinski definition) is 3. The highest BCUT2D eigenvalue weighted by Gasteiger charge is 2.38. The molecule has 0 bridgehead atoms. The number of anilines is 1. The molecule has 3 rings (SSSR count). The van der Waals surface area contributed by atoms with E-state index in [1.54, 1.807) is 0 Å². The molecule has 0 aromatic heterocycles. The molecule has 0 aliphatic carbocycles. The molecule has 2 amide bonds. The molecule has 1 aliphatic rings. The summed E-state index contributed by atoms with van der Waals surface area (Å²) < 4.78 is 38.9. The highest BCUT2D eigenvalue weighted by atomic mass is 35.5. The molecule has 0 radical (unpaired) electrons. The number of sulfonamides is 1. The lowest BCUT2D eigenvalue weighted by molar-refractivity contribution is 0.233. The van der Waals surface area contributed by atoms with Crippen LogP contribution < -0.4 is 5.32 Å². The monoisotopic (exact) mass is 374 g/mol. The van der Waals surface area contributed by atoms with Gasteiger partial charge in [0.2, 0.25) is 0 Å². The number of hydrogen-bond donors (Lipinski definition) is 1. The molecule has 5 nitrogen and oxygen atoms in total. The largest absolute Gasteiger partial charge is 0.336 e. The van der Waals surface area contributed by atoms with Crippen LogP contribution in [0.3, 0.4) is 0 Å². The first kappa shape index (κ1) is 16.0. The van der Waals surface area contributed by atoms with Crippen LogP contribution >= 0.6 is 23.2 Å². The highest BCUT2D eigenvalue weighted by Crippen LogP contribution is 2.38. The summed E-state index contributed by atoms with van der Waals surface area (Å²) in [6, 6.07) is 6.93. The number of nitrogens with one attached hydrogen (secondary N) is 1. The quantitative estimate of drug-likeness (QED) is 0.867. The molecule has 0 unspecified atom stereocenters. The molecule has 0 saturated carbocycles. The topological polar surface area (TPSA) is 66.5 Å². The SMILES string of the molecule is O=C1Nc2cc(Cl)cc(Cl)c2S(=O)(=O)N1Cc1ccc(F)cc1. The van der Waals surface area contributed by atoms with E-state index < -0.39 is 21.9 Å². The van der Waals surface area contributed by atoms with Gasteiger partial charge in [0.05, 0.1) is 17.3 Å². The predicted octanol–water partition coefficient (Wildman–Crippen LogP) is 3.87. The van der Waals surface area contributed by atoms with Gasteiger partial charge in [0.1, 0.15) is 10.7 Å². The van der Waals surface area contributed by atoms with Crippen LogP contribution in [0, 0.1) is 5.82 Å². The molecule has 9 heteroatoms. The molecular formula is C14H9Cl2FN2O3S. The number of halogens is 3. The van der Waals surface area contributed by atoms with Gasteiger partial charge in [0.25, 0.3) is 10.0 Å². The minimum Gasteiger partial charge on any atom is -0.306 e. The van der Waals surface area contributed by atoms with Crippen LogP contribution in [0.5, 0.6) is 0 Å². The zero-order valence-electron chi connectivity index (χ0n) is 11.4. The van der Waals surface area contributed by atoms with Crippen LogP contribution in [0.15, 0.2) is 41.3 Å². The standard InChI is InChI=1S/C14H9Cl2FN2O3S/c15-9-5-11(16)13-12(6-9)18-14(20)19(23(13,21)22)7-8-1-3-10(17)4-2-8/h1-6H,7H2,(H,18,20). The molecule has 23 heavy (non-hydrogen) atoms. The number of nitrogens with zero attached hydrogens (tertiary/aromatic N) is 1. The van der Waals surface area contributed by atoms with Gasteiger partial charge < -0.3 is 5.32 Å². The number of benzene rings is 2. The van der Waals surface area contributed by atoms with Crippen molar-refractivity contribution in [2.45, 2.75) is 11.4 Å². The lowest BCUT2D eigenvalue weighted by Gasteiger charge is -2.29. The van der Waals surface area contributed by atoms with Gasteiger partial charge in [-0.3, -0.25) is 0 Å². The van der Waals surface area contributed by atoms with Crippen LogP contribution in [0.4, 0.5) is 14.9 Å². The number of amides is 2. The maximum absolute atomic E-state index is 12.9. The zero-order chi connectivity index (χ0) is 16.8. The Balaban J connectivity index is 2.06. The first-order valence-corrected chi connectivity index (χ1v) is 8.56. The molecule has 1 N–H and O–H groups in total. The van der Waals surface area contributed by atoms with Crippen molar-refractivity contribution in [3.8, 4) is 0 Å². The summed E-state index contributed by atoms with van der Waals surface area (Å²) in [5.41, 5.74) is 0.488. The lowest BCUT2D eigenvalue weighted by atomic mass is 10.2. The van der Waals surface area contributed by atoms with Crippen LogP contribution in [-0.4, -0.2) is 18.8 Å². The Bertz CT molecular complexity index is 901. The lowest BCUT2D eigenvalue weighted by Crippen LogP contribution is -2.43. The van der Waals surface area contributed by atoms with E-state index in [0.29, 0.717) is 9.87 Å². The molecule has 1 aliphatic heterocycles. The number of urea groups is 1. The minimum absolute atomic E-state index is 0.0304. The van der Waals surface area contributed by atoms with Crippen LogP contribution in [-0.2, 0) is 16.6 Å². The Morgan fingerprint density at radius 1 is 1.13 bits per heavy atom. The number of carbonyl (C=O) groups excluding carboxylic acids is 1. The van der Waals surface area contributed by atoms with Crippen molar-refractivity contribution >= 4 is 44.9 Å². The van der Waals surface area contributed by atoms with E-state index in [4.69, 9.17) is 23.2 Å². The van der Waals surface area contributed by atoms with E-state index in [1.807, 2.05) is 0 Å². The second-order valence-corrected chi connectivity index (χ2v) is 7.48. The summed E-state index contributed by atoms with van der Waals surface area (Å²) >= 11 is 11.8. The van der Waals surface area contributed by atoms with E-state index in [0.717, 1.165) is 0 Å². The third-order valence-corrected chi connectivity index (χ3v) is 5.72. The smallest absolute Gasteiger partial charge is 0.306 e. The van der Waals surface area contributed by atoms with Gasteiger partial charge in [-0.1, -0.05) is 35.3 Å². The summed E-state index contributed by atoms with van der Waals surface area (Å²) in [6.07, 6.45) is 0. The summed E-state index contributed by atoms with van der Waals surface area (Å²) in [6.45, 7) is -0.243. The summed E-state index contributed by atoms with van der Waals surface area (Å²) in [4.78, 5) is 11.9. The maximum Gasteiger partial charge on any atom is 0.336 e. The molecular weight excluding hydrogens is 366 g/mol. The van der Waals surface area contributed by atoms with E-state index in [9.17, 15) is 17.6 Å². The average molecular weight is 375 g/mol. The second kappa shape index (κ2) is 5.67. The fourth-order valence-electron chi connectivity index (χ4n) is 2.22. The molecule has 0 fully saturated rings. The molecule has 0 atom stereocenters. The van der Waals surface area contributed by atoms with Crippen molar-refractivity contribution in [3.05, 3.63) is 57.8 Å². The third kappa shape index (κ3) is 2.87. The Morgan fingerprint density at radius 3 is 2.43 bits per heavy atom. The van der Waals surface area contributed by atoms with Crippen molar-refractivity contribution in [2.24, 2.45) is 0 Å². The first-order valence-electron chi connectivity index (χ1n) is 6.36. The fraction of sp³-hybridized carbons (Fsp3) is 0.0714. The number of carbonyl (C=O) groups is 1. The van der Waals surface area contributed by atoms with Gasteiger partial charge in [-0.15, -0.1) is 0 Å². The van der Waals surface area contributed by atoms with Gasteiger partial charge in [-0.05, 0) is 29.8 Å². The van der Waals surface area contributed by atoms with Crippen molar-refractivity contribution in [1.82, 2.24) is 4.31 Å². The Morgan fingerprint density at radius 2 is 1.78 bits per heavy atom. The van der Waals surface area contributed by atoms with Crippen molar-refractivity contribution in [1.29, 1.82) is 0 Å². The maximum atomic E-state index is 12.9. The van der Waals surface area contributed by atoms with Crippen molar-refractivity contribution < 1.29 is 17.6 Å². The number of rotatable bonds is 2. The van der Waals surface area contributed by atoms with Crippen LogP contribution in [0.25, 0.3) is 0 Å². The van der Waals surface area contributed by atoms with E-state index in [-0.39, 0.29) is 27.2 Å². The van der Waals surface area contributed by atoms with E-state index in [2.05, 4.69) is 5.32 Å². The van der Waals surface area contributed by atoms with Gasteiger partial charge in [0.15, 0.2) is 0 Å². The van der Waals surface area contributed by atoms with Crippen LogP contribution in [0.1, 0.15) is 5.56 Å². The van der Waals surface area contributed by atoms with Crippen LogP contribution in [0.2, 0.25) is 10.0 Å². The minimum atomic E-state index is -4.15. The van der Waals surface area contributed by atoms with E-state index in [1.165, 1.54) is 36.4 Å². The molecule has 2 aromatic rings. The normalized spacial score (nSPS) is 16.0. The van der Waals surface area contributed by atoms with Gasteiger partial charge in [-0.25, -0.2) is 21.9 Å². The molecule has 2 aromatic carbocycles. The molecule has 120 valence electrons. The summed E-state index contributed by atoms with van der Waals surface area (Å²) in [5, 5.41) is 2.56. The van der Waals surface area contributed by atoms with Gasteiger partial charge in [-0.2, -0.15) is 0 Å². The average Bonchev–Trinajstić information content (AvgIpc) is 2.43. The fourth-order valence-corrected chi connectivity index (χ4v) is 4.51. The molecule has 0 saturated heterocycles. The zero-order valence-corrected chi connectivity index (χ0v) is 13.7. The first-order chi connectivity index (χ1) is 10.8. The Hall–Kier alpha value is -1.83. The van der Waals surface area contributed by atoms with Crippen molar-refractivity contribution in [3.63, 3.8) is 0 Å². The highest BCUT2D eigenvalue weighted by molar-refractivity contribution is 7.90. The van der Waals surface area contributed by atoms with E-state index >= 15 is 0 Å². The predicted molar refractivity (Wildman–Crippen MR) is 84.6 cm³/mol. The number of fused-ring (bicyclic) bond motifs is 1. The van der Waals surface area contributed by atoms with Crippen molar-refractivity contribution in [2.75, 3.05) is 5.32 Å². The Kier molecular flexibility index (Phi) is 3.95. The second-order valence-electron chi connectivity index (χ2n) is 4.83. The summed E-state index contributed by atoms with van der Waals surface area (Å²) in [7, 11) is -4.15. The molecule has 1 heterocycles. The Labute approximate surface area is 141 Å². The third-order valence-electron chi connectivity index (χ3n) is 3.26. The summed E-state index contributed by atoms with van der Waals surface area (Å²) in [5.74, 6) is -0.456. The molecule has 0 spiro atoms. The van der Waals surface area contributed by atoms with Gasteiger partial charge >= 0.3 is 6.03 Å².